The Labute approximate surface area is 98.2 Å². The number of hydrogen-bond donors (Lipinski definition) is 2. The fourth-order valence-electron chi connectivity index (χ4n) is 1.51. The van der Waals surface area contributed by atoms with E-state index in [-0.39, 0.29) is 11.8 Å². The molecule has 1 aromatic heterocycles. The molecule has 6 nitrogen and oxygen atoms in total. The van der Waals surface area contributed by atoms with Gasteiger partial charge in [-0.2, -0.15) is 0 Å². The monoisotopic (exact) mass is 244 g/mol. The van der Waals surface area contributed by atoms with Crippen molar-refractivity contribution in [3.8, 4) is 0 Å². The molecule has 16 heavy (non-hydrogen) atoms. The maximum Gasteiger partial charge on any atom is 0.313 e. The van der Waals surface area contributed by atoms with E-state index in [1.165, 1.54) is 0 Å². The summed E-state index contributed by atoms with van der Waals surface area (Å²) in [5, 5.41) is 16.9. The van der Waals surface area contributed by atoms with Gasteiger partial charge in [-0.25, -0.2) is 0 Å². The lowest BCUT2D eigenvalue weighted by Gasteiger charge is -2.16. The van der Waals surface area contributed by atoms with Crippen molar-refractivity contribution in [2.24, 2.45) is 0 Å². The van der Waals surface area contributed by atoms with Gasteiger partial charge in [-0.15, -0.1) is 10.2 Å². The van der Waals surface area contributed by atoms with E-state index in [1.54, 1.807) is 0 Å². The lowest BCUT2D eigenvalue weighted by molar-refractivity contribution is -0.133. The van der Waals surface area contributed by atoms with Crippen molar-refractivity contribution in [2.75, 3.05) is 11.5 Å². The first-order valence-electron chi connectivity index (χ1n) is 5.15. The zero-order valence-electron chi connectivity index (χ0n) is 9.38. The van der Waals surface area contributed by atoms with E-state index in [2.05, 4.69) is 24.0 Å². The Morgan fingerprint density at radius 1 is 1.50 bits per heavy atom. The van der Waals surface area contributed by atoms with Crippen molar-refractivity contribution in [3.63, 3.8) is 0 Å². The molecule has 0 fully saturated rings. The number of aliphatic carboxylic acids is 1. The summed E-state index contributed by atoms with van der Waals surface area (Å²) in [4.78, 5) is 10.5. The van der Waals surface area contributed by atoms with E-state index in [9.17, 15) is 4.79 Å². The first kappa shape index (κ1) is 12.8. The lowest BCUT2D eigenvalue weighted by Crippen LogP contribution is -2.12. The molecule has 0 aromatic carbocycles. The Morgan fingerprint density at radius 2 is 2.12 bits per heavy atom. The predicted molar refractivity (Wildman–Crippen MR) is 62.4 cm³/mol. The van der Waals surface area contributed by atoms with Gasteiger partial charge in [-0.05, 0) is 12.8 Å². The maximum absolute atomic E-state index is 10.5. The van der Waals surface area contributed by atoms with Crippen LogP contribution in [0.3, 0.4) is 0 Å². The van der Waals surface area contributed by atoms with Gasteiger partial charge in [-0.3, -0.25) is 9.36 Å². The Kier molecular flexibility index (Phi) is 4.60. The second kappa shape index (κ2) is 5.74. The Morgan fingerprint density at radius 3 is 2.62 bits per heavy atom. The number of thioether (sulfide) groups is 1. The molecule has 1 aromatic rings. The number of carboxylic acids is 1. The minimum absolute atomic E-state index is 0.0295. The zero-order valence-corrected chi connectivity index (χ0v) is 10.2. The van der Waals surface area contributed by atoms with Crippen molar-refractivity contribution in [3.05, 3.63) is 0 Å². The van der Waals surface area contributed by atoms with Crippen LogP contribution in [0, 0.1) is 0 Å². The number of anilines is 1. The number of nitrogens with zero attached hydrogens (tertiary/aromatic N) is 3. The Balaban J connectivity index is 2.88. The van der Waals surface area contributed by atoms with E-state index in [1.807, 2.05) is 4.57 Å². The summed E-state index contributed by atoms with van der Waals surface area (Å²) >= 11 is 1.14. The van der Waals surface area contributed by atoms with Gasteiger partial charge in [0.15, 0.2) is 5.16 Å². The molecule has 0 bridgehead atoms. The van der Waals surface area contributed by atoms with Crippen molar-refractivity contribution < 1.29 is 9.90 Å². The molecule has 0 aliphatic heterocycles. The van der Waals surface area contributed by atoms with Crippen LogP contribution in [0.25, 0.3) is 0 Å². The summed E-state index contributed by atoms with van der Waals surface area (Å²) in [7, 11) is 0. The quantitative estimate of drug-likeness (QED) is 0.734. The van der Waals surface area contributed by atoms with E-state index < -0.39 is 5.97 Å². The van der Waals surface area contributed by atoms with Crippen LogP contribution < -0.4 is 5.73 Å². The molecule has 0 amide bonds. The molecule has 0 atom stereocenters. The molecule has 0 spiro atoms. The molecule has 3 N–H and O–H groups in total. The predicted octanol–water partition coefficient (Wildman–Crippen LogP) is 1.40. The Bertz CT molecular complexity index is 362. The number of carbonyl (C=O) groups is 1. The summed E-state index contributed by atoms with van der Waals surface area (Å²) in [5.41, 5.74) is 5.73. The van der Waals surface area contributed by atoms with Gasteiger partial charge in [0.1, 0.15) is 0 Å². The average molecular weight is 244 g/mol. The number of nitrogen functional groups attached to an aromatic ring is 1. The minimum atomic E-state index is -0.873. The van der Waals surface area contributed by atoms with Crippen LogP contribution in [-0.4, -0.2) is 31.6 Å². The van der Waals surface area contributed by atoms with Gasteiger partial charge in [0, 0.05) is 6.04 Å². The molecular formula is C9H16N4O2S. The molecule has 0 aliphatic carbocycles. The van der Waals surface area contributed by atoms with Crippen molar-refractivity contribution >= 4 is 23.7 Å². The van der Waals surface area contributed by atoms with E-state index >= 15 is 0 Å². The minimum Gasteiger partial charge on any atom is -0.481 e. The van der Waals surface area contributed by atoms with Gasteiger partial charge >= 0.3 is 5.97 Å². The fraction of sp³-hybridized carbons (Fsp3) is 0.667. The van der Waals surface area contributed by atoms with Crippen molar-refractivity contribution in [1.82, 2.24) is 14.8 Å². The van der Waals surface area contributed by atoms with Gasteiger partial charge in [0.25, 0.3) is 0 Å². The van der Waals surface area contributed by atoms with E-state index in [4.69, 9.17) is 10.8 Å². The largest absolute Gasteiger partial charge is 0.481 e. The van der Waals surface area contributed by atoms with Gasteiger partial charge in [0.2, 0.25) is 5.95 Å². The number of carboxylic acid groups (broad SMARTS) is 1. The van der Waals surface area contributed by atoms with Crippen LogP contribution >= 0.6 is 11.8 Å². The highest BCUT2D eigenvalue weighted by Gasteiger charge is 2.17. The SMILES string of the molecule is CCC(CC)n1c(N)nnc1SCC(=O)O. The molecule has 0 saturated heterocycles. The average Bonchev–Trinajstić information content (AvgIpc) is 2.60. The van der Waals surface area contributed by atoms with Crippen molar-refractivity contribution in [1.29, 1.82) is 0 Å². The van der Waals surface area contributed by atoms with Crippen LogP contribution in [-0.2, 0) is 4.79 Å². The van der Waals surface area contributed by atoms with Crippen LogP contribution in [0.2, 0.25) is 0 Å². The van der Waals surface area contributed by atoms with Crippen molar-refractivity contribution in [2.45, 2.75) is 37.9 Å². The Hall–Kier alpha value is -1.24. The number of hydrogen-bond acceptors (Lipinski definition) is 5. The summed E-state index contributed by atoms with van der Waals surface area (Å²) in [6.07, 6.45) is 1.83. The molecule has 1 rings (SSSR count). The van der Waals surface area contributed by atoms with Crippen LogP contribution in [0.1, 0.15) is 32.7 Å². The third kappa shape index (κ3) is 2.88. The van der Waals surface area contributed by atoms with Crippen LogP contribution in [0.15, 0.2) is 5.16 Å². The van der Waals surface area contributed by atoms with Crippen LogP contribution in [0.5, 0.6) is 0 Å². The molecule has 90 valence electrons. The number of rotatable bonds is 6. The number of nitrogens with two attached hydrogens (primary N) is 1. The standard InChI is InChI=1S/C9H16N4O2S/c1-3-6(4-2)13-8(10)11-12-9(13)16-5-7(14)15/h6H,3-5H2,1-2H3,(H2,10,11)(H,14,15). The third-order valence-corrected chi connectivity index (χ3v) is 3.25. The summed E-state index contributed by atoms with van der Waals surface area (Å²) in [6.45, 7) is 4.11. The van der Waals surface area contributed by atoms with Gasteiger partial charge < -0.3 is 10.8 Å². The highest BCUT2D eigenvalue weighted by atomic mass is 32.2. The fourth-order valence-corrected chi connectivity index (χ4v) is 2.24. The maximum atomic E-state index is 10.5. The highest BCUT2D eigenvalue weighted by Crippen LogP contribution is 2.26. The molecule has 0 aliphatic rings. The normalized spacial score (nSPS) is 10.9. The van der Waals surface area contributed by atoms with Gasteiger partial charge in [0.05, 0.1) is 5.75 Å². The van der Waals surface area contributed by atoms with Crippen LogP contribution in [0.4, 0.5) is 5.95 Å². The molecule has 7 heteroatoms. The summed E-state index contributed by atoms with van der Waals surface area (Å²) < 4.78 is 1.81. The van der Waals surface area contributed by atoms with E-state index in [0.717, 1.165) is 24.6 Å². The van der Waals surface area contributed by atoms with Gasteiger partial charge in [-0.1, -0.05) is 25.6 Å². The second-order valence-electron chi connectivity index (χ2n) is 3.36. The molecular weight excluding hydrogens is 228 g/mol. The first-order valence-corrected chi connectivity index (χ1v) is 6.13. The second-order valence-corrected chi connectivity index (χ2v) is 4.31. The third-order valence-electron chi connectivity index (χ3n) is 2.32. The zero-order chi connectivity index (χ0) is 12.1. The molecule has 0 saturated carbocycles. The molecule has 0 unspecified atom stereocenters. The summed E-state index contributed by atoms with van der Waals surface area (Å²) in [5.74, 6) is -0.553. The smallest absolute Gasteiger partial charge is 0.313 e. The summed E-state index contributed by atoms with van der Waals surface area (Å²) in [6, 6.07) is 0.228. The topological polar surface area (TPSA) is 94.0 Å². The molecule has 0 radical (unpaired) electrons. The number of aromatic nitrogens is 3. The van der Waals surface area contributed by atoms with E-state index in [0.29, 0.717) is 11.1 Å². The molecule has 1 heterocycles. The lowest BCUT2D eigenvalue weighted by atomic mass is 10.2. The highest BCUT2D eigenvalue weighted by molar-refractivity contribution is 7.99. The first-order chi connectivity index (χ1) is 7.60.